The van der Waals surface area contributed by atoms with Crippen LogP contribution in [0, 0.1) is 0 Å². The highest BCUT2D eigenvalue weighted by molar-refractivity contribution is 5.95. The smallest absolute Gasteiger partial charge is 0.251 e. The van der Waals surface area contributed by atoms with Gasteiger partial charge in [-0.3, -0.25) is 9.78 Å². The highest BCUT2D eigenvalue weighted by Crippen LogP contribution is 2.39. The summed E-state index contributed by atoms with van der Waals surface area (Å²) < 4.78 is 83.3. The number of hydrogen-bond acceptors (Lipinski definition) is 17. The maximum absolute atomic E-state index is 13.4. The molecule has 58 heavy (non-hydrogen) atoms. The Balaban J connectivity index is 2.00. The normalized spacial score (nSPS) is 11.2. The van der Waals surface area contributed by atoms with Crippen molar-refractivity contribution in [1.29, 1.82) is 0 Å². The number of nitrogens with one attached hydrogen (secondary N) is 1. The van der Waals surface area contributed by atoms with Crippen molar-refractivity contribution in [3.63, 3.8) is 0 Å². The molecule has 2 aromatic rings. The second kappa shape index (κ2) is 38.0. The Morgan fingerprint density at radius 2 is 0.759 bits per heavy atom. The van der Waals surface area contributed by atoms with Gasteiger partial charge >= 0.3 is 0 Å². The second-order valence-electron chi connectivity index (χ2n) is 11.9. The summed E-state index contributed by atoms with van der Waals surface area (Å²) in [5, 5.41) is 2.94. The Bertz CT molecular complexity index is 1180. The number of carbonyl (C=O) groups is 1. The second-order valence-corrected chi connectivity index (χ2v) is 11.9. The molecule has 1 N–H and O–H groups in total. The predicted molar refractivity (Wildman–Crippen MR) is 211 cm³/mol. The number of amides is 1. The number of benzene rings is 1. The fourth-order valence-corrected chi connectivity index (χ4v) is 4.53. The zero-order chi connectivity index (χ0) is 41.4. The van der Waals surface area contributed by atoms with E-state index in [-0.39, 0.29) is 45.5 Å². The summed E-state index contributed by atoms with van der Waals surface area (Å²) in [6.07, 6.45) is 3.34. The van der Waals surface area contributed by atoms with Gasteiger partial charge in [0.1, 0.15) is 19.8 Å². The van der Waals surface area contributed by atoms with Gasteiger partial charge in [0.2, 0.25) is 5.75 Å². The molecule has 1 aromatic heterocycles. The van der Waals surface area contributed by atoms with Crippen LogP contribution in [0.25, 0.3) is 0 Å². The number of pyridine rings is 1. The summed E-state index contributed by atoms with van der Waals surface area (Å²) in [5.74, 6) is 0.592. The SMILES string of the molecule is COCCOCCOCCOCCOc1cc(C(=O)NCc2ccncc2)cc(OCCOCCOCCOCCOC)c1OCCOCCOCCOCCOC. The first kappa shape index (κ1) is 50.9. The lowest BCUT2D eigenvalue weighted by molar-refractivity contribution is -0.00160. The van der Waals surface area contributed by atoms with Crippen molar-refractivity contribution < 1.29 is 75.8 Å². The molecule has 0 aliphatic rings. The van der Waals surface area contributed by atoms with Crippen molar-refractivity contribution in [1.82, 2.24) is 10.3 Å². The number of aromatic nitrogens is 1. The quantitative estimate of drug-likeness (QED) is 0.0962. The number of methoxy groups -OCH3 is 3. The van der Waals surface area contributed by atoms with E-state index >= 15 is 0 Å². The van der Waals surface area contributed by atoms with Crippen LogP contribution >= 0.6 is 0 Å². The molecule has 1 aromatic carbocycles. The Morgan fingerprint density at radius 3 is 1.10 bits per heavy atom. The first-order valence-electron chi connectivity index (χ1n) is 19.6. The van der Waals surface area contributed by atoms with Crippen molar-refractivity contribution in [2.45, 2.75) is 6.54 Å². The minimum absolute atomic E-state index is 0.168. The lowest BCUT2D eigenvalue weighted by Gasteiger charge is -2.19. The van der Waals surface area contributed by atoms with Gasteiger partial charge in [0, 0.05) is 45.8 Å². The zero-order valence-electron chi connectivity index (χ0n) is 34.6. The maximum atomic E-state index is 13.4. The van der Waals surface area contributed by atoms with E-state index in [0.29, 0.717) is 148 Å². The van der Waals surface area contributed by atoms with Gasteiger partial charge in [-0.15, -0.1) is 0 Å². The van der Waals surface area contributed by atoms with Crippen LogP contribution in [0.2, 0.25) is 0 Å². The molecule has 2 rings (SSSR count). The van der Waals surface area contributed by atoms with Gasteiger partial charge in [0.25, 0.3) is 5.91 Å². The van der Waals surface area contributed by atoms with Crippen LogP contribution < -0.4 is 19.5 Å². The van der Waals surface area contributed by atoms with E-state index in [1.54, 1.807) is 45.9 Å². The van der Waals surface area contributed by atoms with Crippen molar-refractivity contribution in [2.24, 2.45) is 0 Å². The minimum Gasteiger partial charge on any atom is -0.487 e. The van der Waals surface area contributed by atoms with E-state index in [1.165, 1.54) is 0 Å². The van der Waals surface area contributed by atoms with Gasteiger partial charge in [-0.05, 0) is 29.8 Å². The summed E-state index contributed by atoms with van der Waals surface area (Å²) >= 11 is 0. The van der Waals surface area contributed by atoms with E-state index in [9.17, 15) is 4.79 Å². The van der Waals surface area contributed by atoms with E-state index in [2.05, 4.69) is 10.3 Å². The van der Waals surface area contributed by atoms with Crippen LogP contribution in [0.3, 0.4) is 0 Å². The molecule has 1 amide bonds. The third kappa shape index (κ3) is 27.4. The number of hydrogen-bond donors (Lipinski definition) is 1. The number of ether oxygens (including phenoxy) is 15. The van der Waals surface area contributed by atoms with Crippen molar-refractivity contribution in [2.75, 3.05) is 180 Å². The minimum atomic E-state index is -0.329. The molecule has 0 spiro atoms. The molecule has 0 radical (unpaired) electrons. The summed E-state index contributed by atoms with van der Waals surface area (Å²) in [4.78, 5) is 17.5. The van der Waals surface area contributed by atoms with Crippen LogP contribution in [0.15, 0.2) is 36.7 Å². The topological polar surface area (TPSA) is 180 Å². The average Bonchev–Trinajstić information content (AvgIpc) is 3.24. The Kier molecular flexibility index (Phi) is 33.3. The van der Waals surface area contributed by atoms with Crippen molar-refractivity contribution in [3.8, 4) is 17.2 Å². The summed E-state index contributed by atoms with van der Waals surface area (Å²) in [5.41, 5.74) is 1.21. The maximum Gasteiger partial charge on any atom is 0.251 e. The lowest BCUT2D eigenvalue weighted by atomic mass is 10.1. The molecule has 18 nitrogen and oxygen atoms in total. The first-order chi connectivity index (χ1) is 28.7. The molecule has 0 saturated carbocycles. The standard InChI is InChI=1S/C40H66N2O16/c1-44-8-11-47-14-17-50-20-23-53-26-29-56-37-32-36(40(43)42-34-35-4-6-41-7-5-35)33-38(57-30-27-54-24-21-51-18-15-48-12-9-45-2)39(37)58-31-28-55-25-22-52-19-16-49-13-10-46-3/h4-7,32-33H,8-31,34H2,1-3H3,(H,42,43). The van der Waals surface area contributed by atoms with Crippen LogP contribution in [0.4, 0.5) is 0 Å². The van der Waals surface area contributed by atoms with Crippen LogP contribution in [0.1, 0.15) is 15.9 Å². The third-order valence-corrected chi connectivity index (χ3v) is 7.46. The molecule has 0 aliphatic carbocycles. The Labute approximate surface area is 343 Å². The number of rotatable bonds is 42. The predicted octanol–water partition coefficient (Wildman–Crippen LogP) is 2.24. The third-order valence-electron chi connectivity index (χ3n) is 7.46. The molecule has 0 saturated heterocycles. The Hall–Kier alpha value is -3.24. The van der Waals surface area contributed by atoms with Crippen LogP contribution in [-0.2, 0) is 63.4 Å². The van der Waals surface area contributed by atoms with Gasteiger partial charge in [-0.1, -0.05) is 0 Å². The van der Waals surface area contributed by atoms with Gasteiger partial charge in [-0.2, -0.15) is 0 Å². The molecule has 0 atom stereocenters. The molecule has 0 aliphatic heterocycles. The molecule has 0 unspecified atom stereocenters. The summed E-state index contributed by atoms with van der Waals surface area (Å²) in [6.45, 7) is 9.87. The van der Waals surface area contributed by atoms with Gasteiger partial charge in [0.15, 0.2) is 11.5 Å². The van der Waals surface area contributed by atoms with E-state index in [1.807, 2.05) is 12.1 Å². The van der Waals surface area contributed by atoms with Gasteiger partial charge < -0.3 is 76.4 Å². The highest BCUT2D eigenvalue weighted by Gasteiger charge is 2.19. The molecule has 0 fully saturated rings. The fourth-order valence-electron chi connectivity index (χ4n) is 4.53. The molecule has 18 heteroatoms. The Morgan fingerprint density at radius 1 is 0.448 bits per heavy atom. The average molecular weight is 831 g/mol. The largest absolute Gasteiger partial charge is 0.487 e. The van der Waals surface area contributed by atoms with E-state index < -0.39 is 0 Å². The number of carbonyl (C=O) groups excluding carboxylic acids is 1. The fraction of sp³-hybridized carbons (Fsp3) is 0.700. The molecular formula is C40H66N2O16. The summed E-state index contributed by atoms with van der Waals surface area (Å²) in [6, 6.07) is 6.90. The zero-order valence-corrected chi connectivity index (χ0v) is 34.6. The van der Waals surface area contributed by atoms with Crippen LogP contribution in [0.5, 0.6) is 17.2 Å². The molecular weight excluding hydrogens is 764 g/mol. The lowest BCUT2D eigenvalue weighted by Crippen LogP contribution is -2.23. The number of nitrogens with zero attached hydrogens (tertiary/aromatic N) is 1. The molecule has 0 bridgehead atoms. The summed E-state index contributed by atoms with van der Waals surface area (Å²) in [7, 11) is 4.88. The van der Waals surface area contributed by atoms with E-state index in [4.69, 9.17) is 71.1 Å². The highest BCUT2D eigenvalue weighted by atomic mass is 16.6. The molecule has 332 valence electrons. The first-order valence-corrected chi connectivity index (χ1v) is 19.6. The van der Waals surface area contributed by atoms with Crippen molar-refractivity contribution in [3.05, 3.63) is 47.8 Å². The monoisotopic (exact) mass is 830 g/mol. The van der Waals surface area contributed by atoms with Crippen molar-refractivity contribution >= 4 is 5.91 Å². The van der Waals surface area contributed by atoms with Gasteiger partial charge in [-0.25, -0.2) is 0 Å². The van der Waals surface area contributed by atoms with Crippen LogP contribution in [-0.4, -0.2) is 191 Å². The molecule has 1 heterocycles. The van der Waals surface area contributed by atoms with Gasteiger partial charge in [0.05, 0.1) is 139 Å². The van der Waals surface area contributed by atoms with E-state index in [0.717, 1.165) is 5.56 Å².